The first-order valence-corrected chi connectivity index (χ1v) is 9.18. The van der Waals surface area contributed by atoms with Gasteiger partial charge in [0.15, 0.2) is 0 Å². The second kappa shape index (κ2) is 9.21. The molecule has 0 saturated carbocycles. The van der Waals surface area contributed by atoms with Gasteiger partial charge in [-0.1, -0.05) is 45.4 Å². The highest BCUT2D eigenvalue weighted by atomic mass is 16.2. The van der Waals surface area contributed by atoms with E-state index in [-0.39, 0.29) is 5.91 Å². The Morgan fingerprint density at radius 2 is 1.80 bits per heavy atom. The Morgan fingerprint density at radius 3 is 2.40 bits per heavy atom. The second-order valence-electron chi connectivity index (χ2n) is 6.33. The quantitative estimate of drug-likeness (QED) is 0.750. The summed E-state index contributed by atoms with van der Waals surface area (Å²) in [5, 5.41) is 3.49. The second-order valence-corrected chi connectivity index (χ2v) is 6.33. The number of anilines is 2. The first-order chi connectivity index (χ1) is 12.1. The number of unbranched alkanes of at least 4 members (excludes halogenated alkanes) is 1. The molecule has 0 aliphatic heterocycles. The molecule has 0 aliphatic carbocycles. The molecule has 1 amide bonds. The highest BCUT2D eigenvalue weighted by Crippen LogP contribution is 2.26. The van der Waals surface area contributed by atoms with E-state index in [9.17, 15) is 4.79 Å². The number of benzene rings is 1. The summed E-state index contributed by atoms with van der Waals surface area (Å²) in [6.07, 6.45) is 7.42. The van der Waals surface area contributed by atoms with Gasteiger partial charge in [0.05, 0.1) is 17.4 Å². The fourth-order valence-electron chi connectivity index (χ4n) is 2.89. The van der Waals surface area contributed by atoms with E-state index < -0.39 is 0 Å². The van der Waals surface area contributed by atoms with Crippen LogP contribution in [-0.2, 0) is 12.8 Å². The molecule has 0 bridgehead atoms. The third kappa shape index (κ3) is 4.81. The lowest BCUT2D eigenvalue weighted by atomic mass is 10.0. The van der Waals surface area contributed by atoms with E-state index in [1.165, 1.54) is 11.1 Å². The minimum Gasteiger partial charge on any atom is -0.354 e. The van der Waals surface area contributed by atoms with Crippen molar-refractivity contribution in [3.63, 3.8) is 0 Å². The van der Waals surface area contributed by atoms with Crippen LogP contribution in [0.1, 0.15) is 55.1 Å². The minimum atomic E-state index is 0.0177. The van der Waals surface area contributed by atoms with E-state index in [2.05, 4.69) is 49.3 Å². The molecule has 25 heavy (non-hydrogen) atoms. The normalized spacial score (nSPS) is 10.6. The number of carbonyl (C=O) groups excluding carboxylic acids is 1. The SMILES string of the molecule is CCCCN(C)C(=O)c1cncc(Nc2c(CC)cccc2CC)c1. The first-order valence-electron chi connectivity index (χ1n) is 9.18. The molecule has 0 fully saturated rings. The van der Waals surface area contributed by atoms with Gasteiger partial charge in [-0.25, -0.2) is 0 Å². The lowest BCUT2D eigenvalue weighted by Gasteiger charge is -2.18. The van der Waals surface area contributed by atoms with Crippen molar-refractivity contribution >= 4 is 17.3 Å². The van der Waals surface area contributed by atoms with Gasteiger partial charge in [0.1, 0.15) is 0 Å². The van der Waals surface area contributed by atoms with Gasteiger partial charge in [-0.2, -0.15) is 0 Å². The lowest BCUT2D eigenvalue weighted by Crippen LogP contribution is -2.27. The molecule has 0 saturated heterocycles. The zero-order valence-corrected chi connectivity index (χ0v) is 15.8. The summed E-state index contributed by atoms with van der Waals surface area (Å²) in [5.74, 6) is 0.0177. The van der Waals surface area contributed by atoms with Crippen LogP contribution in [-0.4, -0.2) is 29.4 Å². The van der Waals surface area contributed by atoms with Crippen molar-refractivity contribution in [3.8, 4) is 0 Å². The highest BCUT2D eigenvalue weighted by molar-refractivity contribution is 5.94. The van der Waals surface area contributed by atoms with Crippen LogP contribution in [0.25, 0.3) is 0 Å². The topological polar surface area (TPSA) is 45.2 Å². The van der Waals surface area contributed by atoms with Crippen molar-refractivity contribution in [1.82, 2.24) is 9.88 Å². The Labute approximate surface area is 151 Å². The molecule has 0 atom stereocenters. The molecule has 1 aromatic heterocycles. The summed E-state index contributed by atoms with van der Waals surface area (Å²) in [6.45, 7) is 7.20. The van der Waals surface area contributed by atoms with Crippen LogP contribution in [0.5, 0.6) is 0 Å². The molecular formula is C21H29N3O. The Kier molecular flexibility index (Phi) is 6.99. The molecule has 0 aliphatic rings. The predicted molar refractivity (Wildman–Crippen MR) is 105 cm³/mol. The van der Waals surface area contributed by atoms with Gasteiger partial charge in [-0.3, -0.25) is 9.78 Å². The van der Waals surface area contributed by atoms with Gasteiger partial charge >= 0.3 is 0 Å². The molecule has 1 heterocycles. The van der Waals surface area contributed by atoms with Crippen molar-refractivity contribution < 1.29 is 4.79 Å². The molecule has 4 heteroatoms. The molecule has 1 N–H and O–H groups in total. The fraction of sp³-hybridized carbons (Fsp3) is 0.429. The summed E-state index contributed by atoms with van der Waals surface area (Å²) in [5.41, 5.74) is 5.16. The zero-order chi connectivity index (χ0) is 18.2. The molecule has 0 radical (unpaired) electrons. The van der Waals surface area contributed by atoms with Gasteiger partial charge in [0.25, 0.3) is 5.91 Å². The first kappa shape index (κ1) is 19.0. The Morgan fingerprint density at radius 1 is 1.12 bits per heavy atom. The van der Waals surface area contributed by atoms with Crippen LogP contribution in [0, 0.1) is 0 Å². The smallest absolute Gasteiger partial charge is 0.255 e. The number of carbonyl (C=O) groups is 1. The average Bonchev–Trinajstić information content (AvgIpc) is 2.65. The summed E-state index contributed by atoms with van der Waals surface area (Å²) in [4.78, 5) is 18.6. The summed E-state index contributed by atoms with van der Waals surface area (Å²) in [7, 11) is 1.85. The summed E-state index contributed by atoms with van der Waals surface area (Å²) < 4.78 is 0. The summed E-state index contributed by atoms with van der Waals surface area (Å²) in [6, 6.07) is 8.28. The number of hydrogen-bond acceptors (Lipinski definition) is 3. The number of aromatic nitrogens is 1. The van der Waals surface area contributed by atoms with Crippen molar-refractivity contribution in [3.05, 3.63) is 53.3 Å². The monoisotopic (exact) mass is 339 g/mol. The van der Waals surface area contributed by atoms with Crippen LogP contribution in [0.15, 0.2) is 36.7 Å². The van der Waals surface area contributed by atoms with Gasteiger partial charge in [-0.05, 0) is 36.5 Å². The van der Waals surface area contributed by atoms with Crippen molar-refractivity contribution in [2.75, 3.05) is 18.9 Å². The van der Waals surface area contributed by atoms with E-state index in [1.807, 2.05) is 13.1 Å². The lowest BCUT2D eigenvalue weighted by molar-refractivity contribution is 0.0793. The minimum absolute atomic E-state index is 0.0177. The maximum atomic E-state index is 12.6. The van der Waals surface area contributed by atoms with Crippen molar-refractivity contribution in [2.45, 2.75) is 46.5 Å². The van der Waals surface area contributed by atoms with Crippen LogP contribution in [0.2, 0.25) is 0 Å². The third-order valence-corrected chi connectivity index (χ3v) is 4.45. The number of pyridine rings is 1. The molecule has 1 aromatic carbocycles. The number of rotatable bonds is 8. The van der Waals surface area contributed by atoms with Crippen LogP contribution in [0.4, 0.5) is 11.4 Å². The largest absolute Gasteiger partial charge is 0.354 e. The van der Waals surface area contributed by atoms with E-state index in [4.69, 9.17) is 0 Å². The number of nitrogens with one attached hydrogen (secondary N) is 1. The van der Waals surface area contributed by atoms with E-state index in [1.54, 1.807) is 17.3 Å². The fourth-order valence-corrected chi connectivity index (χ4v) is 2.89. The standard InChI is InChI=1S/C21H29N3O/c1-5-8-12-24(4)21(25)18-13-19(15-22-14-18)23-20-16(6-2)10-9-11-17(20)7-3/h9-11,13-15,23H,5-8,12H2,1-4H3. The van der Waals surface area contributed by atoms with E-state index in [0.29, 0.717) is 5.56 Å². The van der Waals surface area contributed by atoms with Crippen LogP contribution >= 0.6 is 0 Å². The number of para-hydroxylation sites is 1. The molecule has 2 aromatic rings. The molecule has 0 unspecified atom stereocenters. The third-order valence-electron chi connectivity index (χ3n) is 4.45. The molecule has 4 nitrogen and oxygen atoms in total. The van der Waals surface area contributed by atoms with Crippen LogP contribution < -0.4 is 5.32 Å². The zero-order valence-electron chi connectivity index (χ0n) is 15.8. The van der Waals surface area contributed by atoms with E-state index >= 15 is 0 Å². The number of aryl methyl sites for hydroxylation is 2. The Hall–Kier alpha value is -2.36. The molecule has 134 valence electrons. The number of amides is 1. The number of nitrogens with zero attached hydrogens (tertiary/aromatic N) is 2. The highest BCUT2D eigenvalue weighted by Gasteiger charge is 2.13. The molecular weight excluding hydrogens is 310 g/mol. The maximum absolute atomic E-state index is 12.6. The van der Waals surface area contributed by atoms with Crippen molar-refractivity contribution in [1.29, 1.82) is 0 Å². The van der Waals surface area contributed by atoms with Gasteiger partial charge in [-0.15, -0.1) is 0 Å². The Balaban J connectivity index is 2.24. The molecule has 2 rings (SSSR count). The van der Waals surface area contributed by atoms with Crippen LogP contribution in [0.3, 0.4) is 0 Å². The Bertz CT molecular complexity index is 690. The summed E-state index contributed by atoms with van der Waals surface area (Å²) >= 11 is 0. The van der Waals surface area contributed by atoms with Gasteiger partial charge in [0.2, 0.25) is 0 Å². The average molecular weight is 339 g/mol. The van der Waals surface area contributed by atoms with Gasteiger partial charge < -0.3 is 10.2 Å². The van der Waals surface area contributed by atoms with Gasteiger partial charge in [0, 0.05) is 25.5 Å². The van der Waals surface area contributed by atoms with E-state index in [0.717, 1.165) is 43.6 Å². The maximum Gasteiger partial charge on any atom is 0.255 e. The predicted octanol–water partition coefficient (Wildman–Crippen LogP) is 4.82. The van der Waals surface area contributed by atoms with Crippen molar-refractivity contribution in [2.24, 2.45) is 0 Å². The number of hydrogen-bond donors (Lipinski definition) is 1. The molecule has 0 spiro atoms.